The predicted octanol–water partition coefficient (Wildman–Crippen LogP) is 6.83. The first-order valence-corrected chi connectivity index (χ1v) is 22.7. The maximum Gasteiger partial charge on any atom is 0.158 e. The van der Waals surface area contributed by atoms with Crippen molar-refractivity contribution in [2.24, 2.45) is 0 Å². The van der Waals surface area contributed by atoms with Gasteiger partial charge in [-0.1, -0.05) is 30.3 Å². The molecule has 0 fully saturated rings. The van der Waals surface area contributed by atoms with Crippen LogP contribution in [0.4, 0.5) is 0 Å². The summed E-state index contributed by atoms with van der Waals surface area (Å²) in [6.45, 7) is 0.130. The highest BCUT2D eigenvalue weighted by atomic mass is 32.1. The van der Waals surface area contributed by atoms with E-state index in [1.165, 1.54) is 22.7 Å². The molecule has 2 heterocycles. The summed E-state index contributed by atoms with van der Waals surface area (Å²) in [6.07, 6.45) is 15.0. The quantitative estimate of drug-likeness (QED) is 0.174. The molecule has 5 rings (SSSR count). The maximum atomic E-state index is 12.1. The van der Waals surface area contributed by atoms with Crippen LogP contribution in [0.25, 0.3) is 10.8 Å². The van der Waals surface area contributed by atoms with Crippen LogP contribution in [0.5, 0.6) is 17.2 Å². The Hall–Kier alpha value is -13.0. The zero-order chi connectivity index (χ0) is 53.2. The Morgan fingerprint density at radius 1 is 0.368 bits per heavy atom. The van der Waals surface area contributed by atoms with Crippen LogP contribution in [0.1, 0.15) is 20.9 Å². The molecule has 3 aromatic carbocycles. The van der Waals surface area contributed by atoms with E-state index in [1.807, 2.05) is 71.4 Å². The number of fused-ring (bicyclic) bond motifs is 1. The molecule has 0 saturated heterocycles. The van der Waals surface area contributed by atoms with Crippen molar-refractivity contribution in [3.8, 4) is 279 Å². The molecule has 0 aliphatic rings. The summed E-state index contributed by atoms with van der Waals surface area (Å²) >= 11 is 3.02. The smallest absolute Gasteiger partial charge is 0.158 e. The molecule has 336 valence electrons. The summed E-state index contributed by atoms with van der Waals surface area (Å²) in [7, 11) is 0. The third-order valence-corrected chi connectivity index (χ3v) is 10.1. The number of terminal acetylenes is 2. The van der Waals surface area contributed by atoms with Crippen molar-refractivity contribution < 1.29 is 19.3 Å². The number of thiophene rings is 2. The van der Waals surface area contributed by atoms with Crippen LogP contribution in [-0.2, 0) is 12.2 Å². The Bertz CT molecular complexity index is 4330. The van der Waals surface area contributed by atoms with Gasteiger partial charge >= 0.3 is 0 Å². The number of aliphatic hydroxyl groups is 1. The van der Waals surface area contributed by atoms with Gasteiger partial charge in [-0.05, 0) is 170 Å². The number of ether oxygens (including phenoxy) is 3. The third-order valence-electron chi connectivity index (χ3n) is 8.16. The van der Waals surface area contributed by atoms with Gasteiger partial charge in [-0.2, -0.15) is 0 Å². The highest BCUT2D eigenvalue weighted by Gasteiger charge is 2.36. The second kappa shape index (κ2) is 33.5. The molecule has 2 aromatic heterocycles. The summed E-state index contributed by atoms with van der Waals surface area (Å²) in [6, 6.07) is 24.5. The van der Waals surface area contributed by atoms with Crippen LogP contribution in [0.15, 0.2) is 89.6 Å². The van der Waals surface area contributed by atoms with Gasteiger partial charge in [-0.25, -0.2) is 0 Å². The lowest BCUT2D eigenvalue weighted by molar-refractivity contribution is 0.134. The molecular weight excluding hydrogens is 969 g/mol. The fourth-order valence-corrected chi connectivity index (χ4v) is 7.05. The molecule has 0 radical (unpaired) electrons. The minimum Gasteiger partial charge on any atom is -0.489 e. The molecule has 1 N–H and O–H groups in total. The minimum absolute atomic E-state index is 0.130. The molecule has 0 amide bonds. The molecule has 0 atom stereocenters. The lowest BCUT2D eigenvalue weighted by atomic mass is 9.89. The fraction of sp³-hybridized carbons (Fsp3) is 0.0286. The van der Waals surface area contributed by atoms with Gasteiger partial charge < -0.3 is 19.3 Å². The first-order chi connectivity index (χ1) is 37.6. The highest BCUT2D eigenvalue weighted by Crippen LogP contribution is 2.42. The largest absolute Gasteiger partial charge is 0.489 e. The van der Waals surface area contributed by atoms with E-state index >= 15 is 0 Å². The summed E-state index contributed by atoms with van der Waals surface area (Å²) in [5.74, 6) is 101. The van der Waals surface area contributed by atoms with Gasteiger partial charge in [0.05, 0.1) is 0 Å². The van der Waals surface area contributed by atoms with Crippen LogP contribution in [0, 0.1) is 262 Å². The molecule has 0 saturated carbocycles. The molecule has 76 heavy (non-hydrogen) atoms. The minimum atomic E-state index is -1.28. The maximum absolute atomic E-state index is 12.1. The van der Waals surface area contributed by atoms with Crippen molar-refractivity contribution in [1.82, 2.24) is 0 Å². The van der Waals surface area contributed by atoms with E-state index in [9.17, 15) is 5.11 Å². The van der Waals surface area contributed by atoms with E-state index in [0.717, 1.165) is 26.1 Å². The molecule has 0 bridgehead atoms. The van der Waals surface area contributed by atoms with E-state index in [4.69, 9.17) is 27.1 Å². The van der Waals surface area contributed by atoms with Crippen LogP contribution in [-0.4, -0.2) is 5.11 Å². The summed E-state index contributed by atoms with van der Waals surface area (Å²) in [4.78, 5) is 1.67. The van der Waals surface area contributed by atoms with Crippen molar-refractivity contribution in [2.75, 3.05) is 0 Å². The lowest BCUT2D eigenvalue weighted by Crippen LogP contribution is -2.26. The molecule has 5 aromatic rings. The Labute approximate surface area is 451 Å². The first-order valence-electron chi connectivity index (χ1n) is 21.0. The number of benzene rings is 3. The summed E-state index contributed by atoms with van der Waals surface area (Å²) in [5, 5.41) is 17.9. The van der Waals surface area contributed by atoms with Crippen molar-refractivity contribution in [3.05, 3.63) is 111 Å². The predicted molar refractivity (Wildman–Crippen MR) is 300 cm³/mol. The van der Waals surface area contributed by atoms with Crippen LogP contribution in [0.2, 0.25) is 0 Å². The molecule has 0 spiro atoms. The molecule has 6 heteroatoms. The zero-order valence-electron chi connectivity index (χ0n) is 39.0. The molecule has 0 aliphatic carbocycles. The second-order valence-corrected chi connectivity index (χ2v) is 14.8. The Balaban J connectivity index is 1.24. The van der Waals surface area contributed by atoms with Gasteiger partial charge in [0.2, 0.25) is 0 Å². The Morgan fingerprint density at radius 3 is 1.07 bits per heavy atom. The molecule has 0 unspecified atom stereocenters. The van der Waals surface area contributed by atoms with Crippen LogP contribution >= 0.6 is 22.7 Å². The van der Waals surface area contributed by atoms with E-state index in [2.05, 4.69) is 249 Å². The molecule has 0 aliphatic heterocycles. The Morgan fingerprint density at radius 2 is 0.711 bits per heavy atom. The first kappa shape index (κ1) is 53.9. The zero-order valence-corrected chi connectivity index (χ0v) is 40.6. The van der Waals surface area contributed by atoms with Crippen molar-refractivity contribution in [2.45, 2.75) is 12.2 Å². The standard InChI is InChI=1S/C70H20O4S2/c1-3-5-7-9-11-13-15-17-19-21-23-25-27-29-31-33-35-37-39-41-51-72-66-55-61(56-67(59-66)73-52-42-40-38-36-34-32-30-28-26-24-22-20-18-16-14-12-10-8-6-4-2)60-74-65-50-48-62-57-64(49-47-63(62)58-65)70(71,68-45-43-53-75-68)69-46-44-54-76-69/h1-2,43-50,53-59,71H,60H2. The van der Waals surface area contributed by atoms with Gasteiger partial charge in [-0.15, -0.1) is 35.5 Å². The molecular formula is C70H20O4S2. The van der Waals surface area contributed by atoms with Gasteiger partial charge in [0.1, 0.15) is 36.1 Å². The van der Waals surface area contributed by atoms with Crippen molar-refractivity contribution in [1.29, 1.82) is 0 Å². The summed E-state index contributed by atoms with van der Waals surface area (Å²) < 4.78 is 17.6. The SMILES string of the molecule is C#CC#CC#CC#CC#CC#CC#CC#CC#CC#CC#COc1cc(COc2ccc3cc(C(O)(c4cccs4)c4cccs4)ccc3c2)cc(OC#CC#CC#CC#CC#CC#CC#CC#CC#CC#CC#C)c1. The fourth-order valence-electron chi connectivity index (χ4n) is 5.27. The Kier molecular flexibility index (Phi) is 23.8. The third kappa shape index (κ3) is 20.3. The number of rotatable bonds is 8. The number of hydrogen-bond donors (Lipinski definition) is 1. The van der Waals surface area contributed by atoms with Crippen molar-refractivity contribution >= 4 is 33.4 Å². The average molecular weight is 989 g/mol. The van der Waals surface area contributed by atoms with E-state index in [1.54, 1.807) is 18.2 Å². The van der Waals surface area contributed by atoms with E-state index < -0.39 is 5.60 Å². The average Bonchev–Trinajstić information content (AvgIpc) is 4.21. The lowest BCUT2D eigenvalue weighted by Gasteiger charge is -2.27. The number of hydrogen-bond acceptors (Lipinski definition) is 6. The van der Waals surface area contributed by atoms with Crippen LogP contribution < -0.4 is 14.2 Å². The van der Waals surface area contributed by atoms with Gasteiger partial charge in [-0.3, -0.25) is 0 Å². The van der Waals surface area contributed by atoms with Crippen LogP contribution in [0.3, 0.4) is 0 Å². The highest BCUT2D eigenvalue weighted by molar-refractivity contribution is 7.11. The van der Waals surface area contributed by atoms with Gasteiger partial charge in [0, 0.05) is 158 Å². The second-order valence-electron chi connectivity index (χ2n) is 12.9. The topological polar surface area (TPSA) is 47.9 Å². The normalized spacial score (nSPS) is 7.30. The molecule has 4 nitrogen and oxygen atoms in total. The van der Waals surface area contributed by atoms with Gasteiger partial charge in [0.15, 0.2) is 5.60 Å². The monoisotopic (exact) mass is 988 g/mol. The van der Waals surface area contributed by atoms with E-state index in [0.29, 0.717) is 22.8 Å². The van der Waals surface area contributed by atoms with Crippen molar-refractivity contribution in [3.63, 3.8) is 0 Å². The summed E-state index contributed by atoms with van der Waals surface area (Å²) in [5.41, 5.74) is 0.164. The van der Waals surface area contributed by atoms with Gasteiger partial charge in [0.25, 0.3) is 0 Å². The van der Waals surface area contributed by atoms with E-state index in [-0.39, 0.29) is 6.61 Å².